The molecule has 0 spiro atoms. The Hall–Kier alpha value is -0.950. The van der Waals surface area contributed by atoms with E-state index >= 15 is 0 Å². The molecule has 106 valence electrons. The van der Waals surface area contributed by atoms with Crippen molar-refractivity contribution in [2.75, 3.05) is 0 Å². The maximum absolute atomic E-state index is 4.46. The number of hydrogen-bond donors (Lipinski definition) is 0. The van der Waals surface area contributed by atoms with Crippen molar-refractivity contribution in [1.82, 2.24) is 0 Å². The number of hydrogen-bond acceptors (Lipinski definition) is 1. The van der Waals surface area contributed by atoms with E-state index in [4.69, 9.17) is 0 Å². The Morgan fingerprint density at radius 2 is 2.00 bits per heavy atom. The van der Waals surface area contributed by atoms with E-state index in [-0.39, 0.29) is 0 Å². The molecule has 1 saturated carbocycles. The predicted octanol–water partition coefficient (Wildman–Crippen LogP) is 5.69. The summed E-state index contributed by atoms with van der Waals surface area (Å²) in [6, 6.07) is 8.89. The Kier molecular flexibility index (Phi) is 3.81. The molecule has 1 aromatic carbocycles. The summed E-state index contributed by atoms with van der Waals surface area (Å²) in [5.41, 5.74) is 5.68. The first-order chi connectivity index (χ1) is 9.61. The van der Waals surface area contributed by atoms with E-state index < -0.39 is 0 Å². The summed E-state index contributed by atoms with van der Waals surface area (Å²) in [6.07, 6.45) is 2.59. The molecule has 1 fully saturated rings. The molecule has 0 nitrogen and oxygen atoms in total. The summed E-state index contributed by atoms with van der Waals surface area (Å²) >= 11 is 2.02. The molecule has 1 aromatic rings. The molecule has 1 aliphatic carbocycles. The molecule has 0 radical (unpaired) electrons. The third kappa shape index (κ3) is 2.48. The summed E-state index contributed by atoms with van der Waals surface area (Å²) in [4.78, 5) is 0. The fourth-order valence-electron chi connectivity index (χ4n) is 3.60. The van der Waals surface area contributed by atoms with Crippen LogP contribution in [0.1, 0.15) is 37.8 Å². The molecule has 0 bridgehead atoms. The van der Waals surface area contributed by atoms with E-state index in [1.165, 1.54) is 29.5 Å². The van der Waals surface area contributed by atoms with Crippen LogP contribution in [0.2, 0.25) is 0 Å². The van der Waals surface area contributed by atoms with Crippen LogP contribution in [-0.4, -0.2) is 5.25 Å². The van der Waals surface area contributed by atoms with Gasteiger partial charge < -0.3 is 0 Å². The van der Waals surface area contributed by atoms with Crippen LogP contribution in [-0.2, 0) is 0 Å². The van der Waals surface area contributed by atoms with E-state index in [0.717, 1.165) is 11.8 Å². The molecule has 1 heteroatoms. The lowest BCUT2D eigenvalue weighted by molar-refractivity contribution is 0.556. The van der Waals surface area contributed by atoms with Crippen molar-refractivity contribution in [2.24, 2.45) is 17.8 Å². The van der Waals surface area contributed by atoms with Crippen molar-refractivity contribution in [3.8, 4) is 0 Å². The molecule has 1 heterocycles. The zero-order valence-corrected chi connectivity index (χ0v) is 13.5. The molecular formula is C19H24S. The van der Waals surface area contributed by atoms with E-state index in [1.54, 1.807) is 5.57 Å². The molecular weight excluding hydrogens is 260 g/mol. The van der Waals surface area contributed by atoms with Crippen LogP contribution in [0.25, 0.3) is 5.57 Å². The van der Waals surface area contributed by atoms with Gasteiger partial charge in [-0.05, 0) is 54.1 Å². The molecule has 20 heavy (non-hydrogen) atoms. The first kappa shape index (κ1) is 14.0. The zero-order valence-electron chi connectivity index (χ0n) is 12.7. The highest BCUT2D eigenvalue weighted by atomic mass is 32.2. The maximum atomic E-state index is 4.46. The van der Waals surface area contributed by atoms with Crippen LogP contribution in [0.15, 0.2) is 41.8 Å². The smallest absolute Gasteiger partial charge is 0.0132 e. The fraction of sp³-hybridized carbons (Fsp3) is 0.474. The van der Waals surface area contributed by atoms with Gasteiger partial charge in [0.25, 0.3) is 0 Å². The number of allylic oxidation sites excluding steroid dienone is 2. The van der Waals surface area contributed by atoms with Gasteiger partial charge in [-0.1, -0.05) is 55.8 Å². The molecule has 0 N–H and O–H groups in total. The Morgan fingerprint density at radius 1 is 1.30 bits per heavy atom. The lowest BCUT2D eigenvalue weighted by Gasteiger charge is -2.24. The summed E-state index contributed by atoms with van der Waals surface area (Å²) in [5.74, 6) is 2.30. The highest BCUT2D eigenvalue weighted by Crippen LogP contribution is 2.58. The van der Waals surface area contributed by atoms with Gasteiger partial charge in [0.05, 0.1) is 0 Å². The third-order valence-corrected chi connectivity index (χ3v) is 6.11. The van der Waals surface area contributed by atoms with Gasteiger partial charge in [-0.25, -0.2) is 0 Å². The van der Waals surface area contributed by atoms with Crippen LogP contribution in [0.4, 0.5) is 0 Å². The molecule has 2 aliphatic rings. The molecule has 0 aromatic heterocycles. The minimum Gasteiger partial charge on any atom is -0.130 e. The van der Waals surface area contributed by atoms with Crippen molar-refractivity contribution >= 4 is 17.3 Å². The van der Waals surface area contributed by atoms with Crippen molar-refractivity contribution in [2.45, 2.75) is 38.9 Å². The number of fused-ring (bicyclic) bond motifs is 1. The standard InChI is InChI=1S/C19H24S/c1-5-15-11-20-14(4)19(18-10-17(15)18)13(3)16-8-6-12(2)7-9-16/h6-9,11,14,17-19H,3,5,10H2,1-2,4H3. The van der Waals surface area contributed by atoms with Crippen LogP contribution >= 0.6 is 11.8 Å². The summed E-state index contributed by atoms with van der Waals surface area (Å²) in [6.45, 7) is 11.3. The summed E-state index contributed by atoms with van der Waals surface area (Å²) in [5, 5.41) is 3.08. The van der Waals surface area contributed by atoms with Crippen molar-refractivity contribution in [3.63, 3.8) is 0 Å². The van der Waals surface area contributed by atoms with Gasteiger partial charge in [-0.3, -0.25) is 0 Å². The number of thioether (sulfide) groups is 1. The molecule has 1 aliphatic heterocycles. The predicted molar refractivity (Wildman–Crippen MR) is 90.7 cm³/mol. The highest BCUT2D eigenvalue weighted by Gasteiger charge is 2.48. The van der Waals surface area contributed by atoms with Crippen molar-refractivity contribution in [3.05, 3.63) is 53.0 Å². The minimum atomic E-state index is 0.632. The molecule has 0 saturated heterocycles. The van der Waals surface area contributed by atoms with Gasteiger partial charge in [0.2, 0.25) is 0 Å². The Balaban J connectivity index is 1.84. The van der Waals surface area contributed by atoms with Crippen LogP contribution in [0, 0.1) is 24.7 Å². The van der Waals surface area contributed by atoms with E-state index in [2.05, 4.69) is 57.0 Å². The summed E-state index contributed by atoms with van der Waals surface area (Å²) in [7, 11) is 0. The summed E-state index contributed by atoms with van der Waals surface area (Å²) < 4.78 is 0. The second-order valence-electron chi connectivity index (χ2n) is 6.31. The van der Waals surface area contributed by atoms with Gasteiger partial charge in [-0.2, -0.15) is 0 Å². The molecule has 3 rings (SSSR count). The molecule has 4 atom stereocenters. The monoisotopic (exact) mass is 284 g/mol. The van der Waals surface area contributed by atoms with Crippen molar-refractivity contribution in [1.29, 1.82) is 0 Å². The Labute approximate surface area is 127 Å². The fourth-order valence-corrected chi connectivity index (χ4v) is 4.87. The minimum absolute atomic E-state index is 0.632. The quantitative estimate of drug-likeness (QED) is 0.687. The number of rotatable bonds is 3. The van der Waals surface area contributed by atoms with Gasteiger partial charge in [0.15, 0.2) is 0 Å². The average molecular weight is 284 g/mol. The van der Waals surface area contributed by atoms with E-state index in [9.17, 15) is 0 Å². The average Bonchev–Trinajstić information content (AvgIpc) is 3.20. The van der Waals surface area contributed by atoms with E-state index in [1.807, 2.05) is 11.8 Å². The normalized spacial score (nSPS) is 32.0. The largest absolute Gasteiger partial charge is 0.130 e. The van der Waals surface area contributed by atoms with Gasteiger partial charge in [0.1, 0.15) is 0 Å². The first-order valence-electron chi connectivity index (χ1n) is 7.72. The Morgan fingerprint density at radius 3 is 2.65 bits per heavy atom. The highest BCUT2D eigenvalue weighted by molar-refractivity contribution is 8.02. The topological polar surface area (TPSA) is 0 Å². The van der Waals surface area contributed by atoms with Crippen molar-refractivity contribution < 1.29 is 0 Å². The Bertz CT molecular complexity index is 537. The SMILES string of the molecule is C=C(c1ccc(C)cc1)C1C(C)SC=C(CC)C2CC21. The van der Waals surface area contributed by atoms with Gasteiger partial charge in [-0.15, -0.1) is 11.8 Å². The lowest BCUT2D eigenvalue weighted by atomic mass is 9.85. The molecule has 0 amide bonds. The van der Waals surface area contributed by atoms with Gasteiger partial charge in [0, 0.05) is 5.25 Å². The first-order valence-corrected chi connectivity index (χ1v) is 8.66. The van der Waals surface area contributed by atoms with Crippen LogP contribution in [0.3, 0.4) is 0 Å². The zero-order chi connectivity index (χ0) is 14.3. The molecule has 4 unspecified atom stereocenters. The second kappa shape index (κ2) is 5.44. The lowest BCUT2D eigenvalue weighted by Crippen LogP contribution is -2.17. The number of aryl methyl sites for hydroxylation is 1. The van der Waals surface area contributed by atoms with Gasteiger partial charge >= 0.3 is 0 Å². The third-order valence-electron chi connectivity index (χ3n) is 4.95. The van der Waals surface area contributed by atoms with E-state index in [0.29, 0.717) is 11.2 Å². The second-order valence-corrected chi connectivity index (χ2v) is 7.56. The van der Waals surface area contributed by atoms with Crippen LogP contribution in [0.5, 0.6) is 0 Å². The maximum Gasteiger partial charge on any atom is 0.0132 e. The number of benzene rings is 1. The van der Waals surface area contributed by atoms with Crippen LogP contribution < -0.4 is 0 Å².